The van der Waals surface area contributed by atoms with Gasteiger partial charge in [-0.2, -0.15) is 4.98 Å². The number of carbonyl (C=O) groups is 2. The van der Waals surface area contributed by atoms with Crippen LogP contribution in [0.15, 0.2) is 23.1 Å². The van der Waals surface area contributed by atoms with Gasteiger partial charge in [0.05, 0.1) is 26.4 Å². The number of amides is 2. The smallest absolute Gasteiger partial charge is 0.465 e. The second-order valence-corrected chi connectivity index (χ2v) is 12.9. The largest absolute Gasteiger partial charge is 0.524 e. The van der Waals surface area contributed by atoms with Crippen molar-refractivity contribution in [1.29, 1.82) is 0 Å². The van der Waals surface area contributed by atoms with E-state index in [0.29, 0.717) is 19.1 Å². The van der Waals surface area contributed by atoms with Crippen LogP contribution in [-0.4, -0.2) is 151 Å². The van der Waals surface area contributed by atoms with Gasteiger partial charge in [0.15, 0.2) is 23.2 Å². The molecule has 24 nitrogen and oxygen atoms in total. The van der Waals surface area contributed by atoms with Crippen molar-refractivity contribution in [2.75, 3.05) is 52.1 Å². The summed E-state index contributed by atoms with van der Waals surface area (Å²) >= 11 is 0. The van der Waals surface area contributed by atoms with Crippen LogP contribution in [0.25, 0.3) is 11.2 Å². The van der Waals surface area contributed by atoms with Crippen LogP contribution < -0.4 is 21.9 Å². The zero-order chi connectivity index (χ0) is 38.7. The lowest BCUT2D eigenvalue weighted by Crippen LogP contribution is -2.64. The van der Waals surface area contributed by atoms with Crippen LogP contribution >= 0.6 is 7.82 Å². The number of ether oxygens (including phenoxy) is 6. The van der Waals surface area contributed by atoms with Gasteiger partial charge in [0.25, 0.3) is 5.56 Å². The normalized spacial score (nSPS) is 26.8. The number of aliphatic hydroxyl groups is 4. The van der Waals surface area contributed by atoms with E-state index >= 15 is 0 Å². The Morgan fingerprint density at radius 2 is 1.87 bits per heavy atom. The van der Waals surface area contributed by atoms with E-state index in [4.69, 9.17) is 43.9 Å². The van der Waals surface area contributed by atoms with E-state index in [-0.39, 0.29) is 62.4 Å². The standard InChI is InChI=1S/C28H44N7O17P/c1-14(37)32-18-22(41)20(39)15(10-36)52-27(18)48-6-3-2-4-17(38)30-5-7-46-8-9-47-13-49-23-21(40)16(11-50-53(43,44)45)51-26(23)35-12-31-19-24(35)33-28(29)34-25(19)42/h11-12,15,18,20-23,26-27,36,39-41H,2-10,13H2,1H3,(H,30,38)(H,32,37)(H2,43,44,45)(H3,29,33,34,42)/b16-11-/t15-,18-,20+,21-,22-,23-,26-,27-/m1/s1. The number of unbranched alkanes of at least 4 members (excludes halogenated alkanes) is 1. The predicted octanol–water partition coefficient (Wildman–Crippen LogP) is -3.84. The molecule has 2 aliphatic heterocycles. The molecule has 0 radical (unpaired) electrons. The highest BCUT2D eigenvalue weighted by Crippen LogP contribution is 2.40. The maximum atomic E-state index is 12.2. The van der Waals surface area contributed by atoms with Gasteiger partial charge in [0, 0.05) is 26.5 Å². The lowest BCUT2D eigenvalue weighted by Gasteiger charge is -2.42. The number of anilines is 1. The molecule has 2 aliphatic rings. The molecule has 25 heteroatoms. The molecule has 0 aromatic carbocycles. The Morgan fingerprint density at radius 3 is 2.58 bits per heavy atom. The van der Waals surface area contributed by atoms with E-state index in [2.05, 4.69) is 30.1 Å². The third-order valence-electron chi connectivity index (χ3n) is 7.79. The molecule has 0 spiro atoms. The number of nitrogens with two attached hydrogens (primary N) is 1. The van der Waals surface area contributed by atoms with Crippen molar-refractivity contribution in [3.8, 4) is 0 Å². The summed E-state index contributed by atoms with van der Waals surface area (Å²) in [5.74, 6) is -1.32. The Balaban J connectivity index is 1.12. The van der Waals surface area contributed by atoms with E-state index in [1.54, 1.807) is 0 Å². The molecule has 2 aromatic heterocycles. The number of fused-ring (bicyclic) bond motifs is 1. The number of nitrogen functional groups attached to an aromatic ring is 1. The minimum absolute atomic E-state index is 0.0198. The van der Waals surface area contributed by atoms with Crippen molar-refractivity contribution >= 4 is 36.7 Å². The number of H-pyrrole nitrogens is 1. The SMILES string of the molecule is CC(=O)N[C@H]1[C@H](OCCCCC(=O)NCCOCCOCO[C@@H]2[C@H](O)/C(=C/OP(=O)(O)O)O[C@H]2n2cnc3c(=O)[nH]c(N)nc32)O[C@H](CO)[C@H](O)[C@@H]1O. The molecule has 2 amide bonds. The zero-order valence-corrected chi connectivity index (χ0v) is 29.3. The Hall–Kier alpha value is -3.78. The highest BCUT2D eigenvalue weighted by molar-refractivity contribution is 7.46. The molecular formula is C28H44N7O17P. The molecular weight excluding hydrogens is 737 g/mol. The number of carbonyl (C=O) groups excluding carboxylic acids is 2. The number of phosphoric ester groups is 1. The monoisotopic (exact) mass is 781 g/mol. The first kappa shape index (κ1) is 42.0. The minimum atomic E-state index is -4.97. The fourth-order valence-corrected chi connectivity index (χ4v) is 5.53. The summed E-state index contributed by atoms with van der Waals surface area (Å²) in [5, 5.41) is 45.7. The number of phosphoric acid groups is 1. The van der Waals surface area contributed by atoms with Crippen molar-refractivity contribution in [3.63, 3.8) is 0 Å². The number of hydrogen-bond acceptors (Lipinski definition) is 18. The van der Waals surface area contributed by atoms with Crippen LogP contribution in [0.3, 0.4) is 0 Å². The number of nitrogens with one attached hydrogen (secondary N) is 3. The minimum Gasteiger partial charge on any atom is -0.465 e. The molecule has 4 heterocycles. The van der Waals surface area contributed by atoms with Crippen molar-refractivity contribution in [1.82, 2.24) is 30.2 Å². The van der Waals surface area contributed by atoms with E-state index in [1.807, 2.05) is 0 Å². The van der Waals surface area contributed by atoms with Crippen LogP contribution in [-0.2, 0) is 47.1 Å². The Bertz CT molecular complexity index is 1650. The molecule has 53 heavy (non-hydrogen) atoms. The molecule has 0 aliphatic carbocycles. The van der Waals surface area contributed by atoms with Gasteiger partial charge in [0.1, 0.15) is 55.9 Å². The number of aromatic nitrogens is 4. The van der Waals surface area contributed by atoms with Crippen LogP contribution in [0.1, 0.15) is 32.4 Å². The van der Waals surface area contributed by atoms with Gasteiger partial charge in [0.2, 0.25) is 24.0 Å². The third-order valence-corrected chi connectivity index (χ3v) is 8.17. The number of imidazole rings is 1. The first-order valence-corrected chi connectivity index (χ1v) is 17.8. The first-order chi connectivity index (χ1) is 25.2. The van der Waals surface area contributed by atoms with Crippen LogP contribution in [0, 0.1) is 0 Å². The molecule has 2 fully saturated rings. The summed E-state index contributed by atoms with van der Waals surface area (Å²) in [5.41, 5.74) is 4.90. The summed E-state index contributed by atoms with van der Waals surface area (Å²) < 4.78 is 50.0. The van der Waals surface area contributed by atoms with Crippen molar-refractivity contribution in [2.24, 2.45) is 0 Å². The Morgan fingerprint density at radius 1 is 1.11 bits per heavy atom. The number of nitrogens with zero attached hydrogens (tertiary/aromatic N) is 3. The van der Waals surface area contributed by atoms with Gasteiger partial charge < -0.3 is 69.7 Å². The summed E-state index contributed by atoms with van der Waals surface area (Å²) in [4.78, 5) is 64.3. The molecule has 298 valence electrons. The Kier molecular flexibility index (Phi) is 15.5. The summed E-state index contributed by atoms with van der Waals surface area (Å²) in [7, 11) is -4.97. The van der Waals surface area contributed by atoms with Gasteiger partial charge in [-0.15, -0.1) is 0 Å². The average molecular weight is 782 g/mol. The van der Waals surface area contributed by atoms with Crippen LogP contribution in [0.5, 0.6) is 0 Å². The van der Waals surface area contributed by atoms with Gasteiger partial charge in [-0.3, -0.25) is 33.7 Å². The molecule has 8 atom stereocenters. The fraction of sp³-hybridized carbons (Fsp3) is 0.679. The second-order valence-electron chi connectivity index (χ2n) is 11.7. The van der Waals surface area contributed by atoms with Crippen molar-refractivity contribution in [2.45, 2.75) is 75.3 Å². The molecule has 2 saturated heterocycles. The van der Waals surface area contributed by atoms with Gasteiger partial charge >= 0.3 is 7.82 Å². The van der Waals surface area contributed by atoms with Crippen LogP contribution in [0.2, 0.25) is 0 Å². The Labute approximate surface area is 300 Å². The van der Waals surface area contributed by atoms with Gasteiger partial charge in [-0.25, -0.2) is 9.55 Å². The predicted molar refractivity (Wildman–Crippen MR) is 175 cm³/mol. The summed E-state index contributed by atoms with van der Waals surface area (Å²) in [6.45, 7) is 0.911. The molecule has 0 bridgehead atoms. The topological polar surface area (TPSA) is 351 Å². The quantitative estimate of drug-likeness (QED) is 0.0266. The van der Waals surface area contributed by atoms with Gasteiger partial charge in [-0.05, 0) is 12.8 Å². The summed E-state index contributed by atoms with van der Waals surface area (Å²) in [6.07, 6.45) is -6.36. The number of rotatable bonds is 20. The van der Waals surface area contributed by atoms with Crippen LogP contribution in [0.4, 0.5) is 5.95 Å². The van der Waals surface area contributed by atoms with E-state index in [0.717, 1.165) is 0 Å². The molecule has 11 N–H and O–H groups in total. The molecule has 2 aromatic rings. The molecule has 0 saturated carbocycles. The van der Waals surface area contributed by atoms with E-state index in [1.165, 1.54) is 17.8 Å². The molecule has 4 rings (SSSR count). The highest BCUT2D eigenvalue weighted by Gasteiger charge is 2.46. The first-order valence-electron chi connectivity index (χ1n) is 16.3. The lowest BCUT2D eigenvalue weighted by atomic mass is 9.97. The zero-order valence-electron chi connectivity index (χ0n) is 28.4. The lowest BCUT2D eigenvalue weighted by molar-refractivity contribution is -0.270. The average Bonchev–Trinajstić information content (AvgIpc) is 3.65. The maximum absolute atomic E-state index is 12.2. The van der Waals surface area contributed by atoms with E-state index in [9.17, 15) is 39.4 Å². The third kappa shape index (κ3) is 11.9. The maximum Gasteiger partial charge on any atom is 0.524 e. The number of aromatic amines is 1. The number of hydrogen-bond donors (Lipinski definition) is 10. The fourth-order valence-electron chi connectivity index (χ4n) is 5.29. The van der Waals surface area contributed by atoms with Gasteiger partial charge in [-0.1, -0.05) is 0 Å². The van der Waals surface area contributed by atoms with Crippen molar-refractivity contribution < 1.29 is 77.3 Å². The highest BCUT2D eigenvalue weighted by atomic mass is 31.2. The summed E-state index contributed by atoms with van der Waals surface area (Å²) in [6, 6.07) is -1.05. The molecule has 0 unspecified atom stereocenters. The van der Waals surface area contributed by atoms with Crippen molar-refractivity contribution in [3.05, 3.63) is 28.7 Å². The second kappa shape index (κ2) is 19.5. The van der Waals surface area contributed by atoms with E-state index < -0.39 is 87.5 Å². The number of aliphatic hydroxyl groups excluding tert-OH is 4.